The van der Waals surface area contributed by atoms with Crippen molar-refractivity contribution in [3.63, 3.8) is 0 Å². The van der Waals surface area contributed by atoms with E-state index in [4.69, 9.17) is 0 Å². The van der Waals surface area contributed by atoms with Crippen molar-refractivity contribution in [3.8, 4) is 0 Å². The van der Waals surface area contributed by atoms with Crippen molar-refractivity contribution in [1.82, 2.24) is 10.2 Å². The predicted octanol–water partition coefficient (Wildman–Crippen LogP) is 0.410. The van der Waals surface area contributed by atoms with Crippen LogP contribution in [0.2, 0.25) is 0 Å². The van der Waals surface area contributed by atoms with Crippen molar-refractivity contribution in [1.29, 1.82) is 0 Å². The lowest BCUT2D eigenvalue weighted by atomic mass is 10.2. The monoisotopic (exact) mass is 276 g/mol. The van der Waals surface area contributed by atoms with E-state index in [9.17, 15) is 13.2 Å². The zero-order chi connectivity index (χ0) is 13.8. The van der Waals surface area contributed by atoms with Gasteiger partial charge in [0.25, 0.3) is 0 Å². The normalized spacial score (nSPS) is 23.8. The lowest BCUT2D eigenvalue weighted by Gasteiger charge is -2.23. The van der Waals surface area contributed by atoms with Crippen LogP contribution in [0.15, 0.2) is 0 Å². The Labute approximate surface area is 110 Å². The number of carbonyl (C=O) groups excluding carboxylic acids is 1. The second-order valence-electron chi connectivity index (χ2n) is 5.07. The van der Waals surface area contributed by atoms with Gasteiger partial charge in [-0.05, 0) is 19.8 Å². The molecule has 1 fully saturated rings. The van der Waals surface area contributed by atoms with Crippen LogP contribution in [-0.2, 0) is 14.6 Å². The van der Waals surface area contributed by atoms with Gasteiger partial charge in [-0.15, -0.1) is 0 Å². The van der Waals surface area contributed by atoms with Crippen LogP contribution >= 0.6 is 0 Å². The lowest BCUT2D eigenvalue weighted by molar-refractivity contribution is -0.131. The molecule has 1 rings (SSSR count). The molecule has 106 valence electrons. The highest BCUT2D eigenvalue weighted by molar-refractivity contribution is 7.91. The quantitative estimate of drug-likeness (QED) is 0.763. The number of nitrogens with one attached hydrogen (secondary N) is 1. The topological polar surface area (TPSA) is 66.5 Å². The minimum absolute atomic E-state index is 0.0212. The number of hydrogen-bond donors (Lipinski definition) is 1. The summed E-state index contributed by atoms with van der Waals surface area (Å²) in [7, 11) is -1.22. The first kappa shape index (κ1) is 15.4. The molecule has 1 saturated heterocycles. The van der Waals surface area contributed by atoms with E-state index in [2.05, 4.69) is 19.2 Å². The van der Waals surface area contributed by atoms with E-state index < -0.39 is 9.84 Å². The molecule has 0 bridgehead atoms. The van der Waals surface area contributed by atoms with Crippen molar-refractivity contribution >= 4 is 15.7 Å². The van der Waals surface area contributed by atoms with Gasteiger partial charge in [-0.2, -0.15) is 0 Å². The molecule has 0 aromatic carbocycles. The molecule has 1 amide bonds. The van der Waals surface area contributed by atoms with Gasteiger partial charge >= 0.3 is 0 Å². The highest BCUT2D eigenvalue weighted by Gasteiger charge is 2.32. The SMILES string of the molecule is CCC(C)NCCC(=O)N(C)C1CCS(=O)(=O)C1. The average molecular weight is 276 g/mol. The summed E-state index contributed by atoms with van der Waals surface area (Å²) in [5.41, 5.74) is 0. The summed E-state index contributed by atoms with van der Waals surface area (Å²) in [5, 5.41) is 3.26. The van der Waals surface area contributed by atoms with E-state index in [1.165, 1.54) is 0 Å². The molecule has 6 heteroatoms. The zero-order valence-corrected chi connectivity index (χ0v) is 12.3. The van der Waals surface area contributed by atoms with Gasteiger partial charge < -0.3 is 10.2 Å². The van der Waals surface area contributed by atoms with E-state index >= 15 is 0 Å². The zero-order valence-electron chi connectivity index (χ0n) is 11.5. The molecule has 1 aliphatic rings. The standard InChI is InChI=1S/C12H24N2O3S/c1-4-10(2)13-7-5-12(15)14(3)11-6-8-18(16,17)9-11/h10-11,13H,4-9H2,1-3H3. The van der Waals surface area contributed by atoms with Crippen molar-refractivity contribution in [2.45, 2.75) is 45.2 Å². The maximum absolute atomic E-state index is 11.9. The lowest BCUT2D eigenvalue weighted by Crippen LogP contribution is -2.39. The van der Waals surface area contributed by atoms with Crippen LogP contribution in [0, 0.1) is 0 Å². The summed E-state index contributed by atoms with van der Waals surface area (Å²) in [4.78, 5) is 13.5. The summed E-state index contributed by atoms with van der Waals surface area (Å²) < 4.78 is 22.7. The molecule has 18 heavy (non-hydrogen) atoms. The van der Waals surface area contributed by atoms with Crippen molar-refractivity contribution < 1.29 is 13.2 Å². The third-order valence-electron chi connectivity index (χ3n) is 3.59. The van der Waals surface area contributed by atoms with Crippen LogP contribution in [0.5, 0.6) is 0 Å². The molecular weight excluding hydrogens is 252 g/mol. The van der Waals surface area contributed by atoms with Crippen LogP contribution in [0.1, 0.15) is 33.1 Å². The largest absolute Gasteiger partial charge is 0.342 e. The van der Waals surface area contributed by atoms with Gasteiger partial charge in [-0.1, -0.05) is 6.92 Å². The van der Waals surface area contributed by atoms with E-state index in [1.54, 1.807) is 11.9 Å². The van der Waals surface area contributed by atoms with Crippen molar-refractivity contribution in [2.75, 3.05) is 25.1 Å². The van der Waals surface area contributed by atoms with Gasteiger partial charge in [0.1, 0.15) is 0 Å². The van der Waals surface area contributed by atoms with E-state index in [0.717, 1.165) is 6.42 Å². The summed E-state index contributed by atoms with van der Waals surface area (Å²) in [5.74, 6) is 0.349. The maximum Gasteiger partial charge on any atom is 0.223 e. The Hall–Kier alpha value is -0.620. The smallest absolute Gasteiger partial charge is 0.223 e. The summed E-state index contributed by atoms with van der Waals surface area (Å²) in [6.45, 7) is 4.82. The number of carbonyl (C=O) groups is 1. The molecule has 0 saturated carbocycles. The van der Waals surface area contributed by atoms with Gasteiger partial charge in [0.15, 0.2) is 9.84 Å². The van der Waals surface area contributed by atoms with Crippen LogP contribution in [-0.4, -0.2) is 56.4 Å². The van der Waals surface area contributed by atoms with Gasteiger partial charge in [0.05, 0.1) is 11.5 Å². The molecule has 5 nitrogen and oxygen atoms in total. The summed E-state index contributed by atoms with van der Waals surface area (Å²) in [6, 6.07) is 0.279. The first-order valence-corrected chi connectivity index (χ1v) is 8.37. The molecule has 0 spiro atoms. The van der Waals surface area contributed by atoms with Crippen LogP contribution in [0.3, 0.4) is 0 Å². The maximum atomic E-state index is 11.9. The fourth-order valence-corrected chi connectivity index (χ4v) is 3.81. The molecule has 1 N–H and O–H groups in total. The van der Waals surface area contributed by atoms with Gasteiger partial charge in [0, 0.05) is 32.1 Å². The molecule has 0 aliphatic carbocycles. The number of hydrogen-bond acceptors (Lipinski definition) is 4. The second-order valence-corrected chi connectivity index (χ2v) is 7.30. The van der Waals surface area contributed by atoms with Crippen LogP contribution in [0.4, 0.5) is 0 Å². The molecule has 1 aliphatic heterocycles. The third-order valence-corrected chi connectivity index (χ3v) is 5.34. The van der Waals surface area contributed by atoms with Crippen LogP contribution < -0.4 is 5.32 Å². The Morgan fingerprint density at radius 1 is 1.50 bits per heavy atom. The first-order chi connectivity index (χ1) is 8.35. The van der Waals surface area contributed by atoms with Gasteiger partial charge in [-0.25, -0.2) is 8.42 Å². The van der Waals surface area contributed by atoms with E-state index in [-0.39, 0.29) is 23.5 Å². The summed E-state index contributed by atoms with van der Waals surface area (Å²) >= 11 is 0. The highest BCUT2D eigenvalue weighted by atomic mass is 32.2. The fraction of sp³-hybridized carbons (Fsp3) is 0.917. The van der Waals surface area contributed by atoms with E-state index in [1.807, 2.05) is 0 Å². The summed E-state index contributed by atoms with van der Waals surface area (Å²) in [6.07, 6.45) is 2.03. The van der Waals surface area contributed by atoms with E-state index in [0.29, 0.717) is 25.4 Å². The number of sulfone groups is 1. The van der Waals surface area contributed by atoms with Crippen LogP contribution in [0.25, 0.3) is 0 Å². The Morgan fingerprint density at radius 3 is 2.67 bits per heavy atom. The fourth-order valence-electron chi connectivity index (χ4n) is 2.03. The molecule has 2 atom stereocenters. The third kappa shape index (κ3) is 4.57. The van der Waals surface area contributed by atoms with Gasteiger partial charge in [0.2, 0.25) is 5.91 Å². The Morgan fingerprint density at radius 2 is 2.17 bits per heavy atom. The Balaban J connectivity index is 2.34. The average Bonchev–Trinajstić information content (AvgIpc) is 2.68. The Bertz CT molecular complexity index is 381. The second kappa shape index (κ2) is 6.52. The number of amides is 1. The molecule has 0 aromatic rings. The number of nitrogens with zero attached hydrogens (tertiary/aromatic N) is 1. The predicted molar refractivity (Wildman–Crippen MR) is 72.2 cm³/mol. The molecule has 0 aromatic heterocycles. The molecule has 0 radical (unpaired) electrons. The minimum atomic E-state index is -2.92. The minimum Gasteiger partial charge on any atom is -0.342 e. The van der Waals surface area contributed by atoms with Crippen molar-refractivity contribution in [3.05, 3.63) is 0 Å². The van der Waals surface area contributed by atoms with Gasteiger partial charge in [-0.3, -0.25) is 4.79 Å². The highest BCUT2D eigenvalue weighted by Crippen LogP contribution is 2.16. The molecule has 1 heterocycles. The van der Waals surface area contributed by atoms with Crippen molar-refractivity contribution in [2.24, 2.45) is 0 Å². The Kier molecular flexibility index (Phi) is 5.59. The number of rotatable bonds is 6. The molecular formula is C12H24N2O3S. The first-order valence-electron chi connectivity index (χ1n) is 6.55. The molecule has 2 unspecified atom stereocenters.